The highest BCUT2D eigenvalue weighted by Gasteiger charge is 2.44. The van der Waals surface area contributed by atoms with Gasteiger partial charge in [-0.1, -0.05) is 68.5 Å². The topological polar surface area (TPSA) is 170 Å². The molecule has 5 aromatic rings. The molecule has 0 saturated carbocycles. The Bertz CT molecular complexity index is 3300. The molecule has 0 saturated heterocycles. The van der Waals surface area contributed by atoms with Gasteiger partial charge in [0.05, 0.1) is 30.4 Å². The molecule has 13 nitrogen and oxygen atoms in total. The number of carboxylic acid groups (broad SMARTS) is 1. The van der Waals surface area contributed by atoms with Crippen LogP contribution >= 0.6 is 12.0 Å². The van der Waals surface area contributed by atoms with Crippen molar-refractivity contribution >= 4 is 56.9 Å². The molecule has 15 heteroatoms. The lowest BCUT2D eigenvalue weighted by Crippen LogP contribution is -2.28. The number of likely N-dealkylation sites (N-methyl/N-ethyl adjacent to an activating group) is 1. The number of aliphatic carboxylic acids is 1. The number of carboxylic acids is 1. The molecule has 3 aliphatic rings. The number of allylic oxidation sites excluding steroid dienone is 8. The number of nitrogens with zero attached hydrogens (tertiary/aromatic N) is 3. The van der Waals surface area contributed by atoms with Crippen LogP contribution in [-0.4, -0.2) is 78.6 Å². The summed E-state index contributed by atoms with van der Waals surface area (Å²) < 4.78 is 47.6. The van der Waals surface area contributed by atoms with Gasteiger partial charge in [0.1, 0.15) is 18.1 Å². The Morgan fingerprint density at radius 2 is 1.68 bits per heavy atom. The van der Waals surface area contributed by atoms with Crippen LogP contribution in [0.25, 0.3) is 0 Å². The summed E-state index contributed by atoms with van der Waals surface area (Å²) in [5, 5.41) is 16.4. The molecule has 1 aliphatic carbocycles. The van der Waals surface area contributed by atoms with Gasteiger partial charge in [0.2, 0.25) is 11.6 Å². The van der Waals surface area contributed by atoms with E-state index >= 15 is 0 Å². The van der Waals surface area contributed by atoms with Crippen molar-refractivity contribution in [1.29, 1.82) is 0 Å². The molecule has 1 aromatic heterocycles. The van der Waals surface area contributed by atoms with Crippen molar-refractivity contribution in [1.82, 2.24) is 10.3 Å². The Hall–Kier alpha value is -6.78. The first-order valence-electron chi connectivity index (χ1n) is 27.0. The molecule has 410 valence electrons. The number of ether oxygens (including phenoxy) is 1. The second kappa shape index (κ2) is 25.3. The smallest absolute Gasteiger partial charge is 0.303 e. The highest BCUT2D eigenvalue weighted by Crippen LogP contribution is 2.48. The minimum atomic E-state index is -4.33. The van der Waals surface area contributed by atoms with Gasteiger partial charge >= 0.3 is 5.97 Å². The highest BCUT2D eigenvalue weighted by molar-refractivity contribution is 7.94. The van der Waals surface area contributed by atoms with E-state index in [4.69, 9.17) is 8.92 Å². The van der Waals surface area contributed by atoms with Crippen LogP contribution in [0.1, 0.15) is 124 Å². The number of carbonyl (C=O) groups excluding carboxylic acids is 1. The van der Waals surface area contributed by atoms with Gasteiger partial charge in [0.15, 0.2) is 5.71 Å². The van der Waals surface area contributed by atoms with Crippen LogP contribution < -0.4 is 20.3 Å². The minimum Gasteiger partial charge on any atom is -0.494 e. The molecule has 0 fully saturated rings. The first-order chi connectivity index (χ1) is 37.4. The van der Waals surface area contributed by atoms with Gasteiger partial charge in [-0.15, -0.1) is 0 Å². The average molecular weight is 1090 g/mol. The summed E-state index contributed by atoms with van der Waals surface area (Å²) in [5.74, 6) is 0.656. The maximum absolute atomic E-state index is 13.3. The summed E-state index contributed by atoms with van der Waals surface area (Å²) in [4.78, 5) is 32.8. The number of nitrogens with one attached hydrogen (secondary N) is 2. The van der Waals surface area contributed by atoms with Crippen molar-refractivity contribution in [2.75, 3.05) is 43.6 Å². The lowest BCUT2D eigenvalue weighted by atomic mass is 9.81. The highest BCUT2D eigenvalue weighted by atomic mass is 32.2. The molecule has 1 atom stereocenters. The van der Waals surface area contributed by atoms with Crippen LogP contribution in [0.4, 0.5) is 17.2 Å². The molecule has 8 rings (SSSR count). The van der Waals surface area contributed by atoms with E-state index in [1.54, 1.807) is 25.4 Å². The van der Waals surface area contributed by atoms with Crippen LogP contribution in [0.5, 0.6) is 5.75 Å². The molecule has 78 heavy (non-hydrogen) atoms. The van der Waals surface area contributed by atoms with E-state index in [1.165, 1.54) is 35.1 Å². The molecule has 4 aromatic carbocycles. The molecule has 3 heterocycles. The first kappa shape index (κ1) is 57.4. The van der Waals surface area contributed by atoms with Crippen molar-refractivity contribution in [3.05, 3.63) is 184 Å². The second-order valence-electron chi connectivity index (χ2n) is 21.4. The summed E-state index contributed by atoms with van der Waals surface area (Å²) in [6.07, 6.45) is 21.2. The van der Waals surface area contributed by atoms with Gasteiger partial charge in [-0.05, 0) is 165 Å². The number of rotatable bonds is 24. The zero-order valence-electron chi connectivity index (χ0n) is 46.0. The zero-order chi connectivity index (χ0) is 55.6. The van der Waals surface area contributed by atoms with Crippen LogP contribution in [0.15, 0.2) is 149 Å². The fourth-order valence-electron chi connectivity index (χ4n) is 11.2. The summed E-state index contributed by atoms with van der Waals surface area (Å²) in [6, 6.07) is 27.6. The summed E-state index contributed by atoms with van der Waals surface area (Å²) >= 11 is 1.35. The third kappa shape index (κ3) is 13.7. The summed E-state index contributed by atoms with van der Waals surface area (Å²) in [6.45, 7) is 15.9. The Morgan fingerprint density at radius 1 is 0.872 bits per heavy atom. The van der Waals surface area contributed by atoms with Gasteiger partial charge in [-0.25, -0.2) is 4.98 Å². The fourth-order valence-corrected chi connectivity index (χ4v) is 12.2. The molecule has 0 bridgehead atoms. The van der Waals surface area contributed by atoms with Gasteiger partial charge in [-0.3, -0.25) is 14.1 Å². The van der Waals surface area contributed by atoms with Crippen molar-refractivity contribution in [3.8, 4) is 5.75 Å². The number of benzene rings is 4. The minimum absolute atomic E-state index is 0.00298. The number of unbranched alkanes of at least 4 members (excludes halogenated alkanes) is 2. The number of fused-ring (bicyclic) bond motifs is 4. The van der Waals surface area contributed by atoms with E-state index in [2.05, 4.69) is 120 Å². The standard InChI is InChI=1S/C63H73N5O8S2/c1-8-67-55-28-25-51(78(72,73)74)41-54(55)63(5,6)57(67)18-13-10-9-11-14-19-58-62(3,4)53-40-50(77-75-7)24-27-56(53)68(58)32-16-12-15-20-60(69)66-42-44-21-26-52-47(35-44)37-46-38-49(23-22-45(46)36-48(52)39-61(70)71)76-33-17-30-64-59-34-43(2)29-31-65-59/h9-11,13-14,18-19,21-29,31,34-35,38,40-41,48H,8,12,15-17,20,30,32-33,36-37,39,42H2,1-7H3,(H3-,64,65,66,69,70,71,72,73,74)/p+1. The maximum atomic E-state index is 13.3. The molecule has 2 aliphatic heterocycles. The molecule has 0 spiro atoms. The van der Waals surface area contributed by atoms with Crippen molar-refractivity contribution < 1.29 is 41.2 Å². The quantitative estimate of drug-likeness (QED) is 0.0152. The number of hydrogen-bond donors (Lipinski definition) is 4. The Balaban J connectivity index is 0.863. The number of aryl methyl sites for hydroxylation is 1. The lowest BCUT2D eigenvalue weighted by Gasteiger charge is -2.25. The number of amides is 1. The molecular formula is C63H74N5O8S2+. The molecular weight excluding hydrogens is 1020 g/mol. The number of carbonyl (C=O) groups is 2. The summed E-state index contributed by atoms with van der Waals surface area (Å²) in [5.41, 5.74) is 12.1. The Labute approximate surface area is 465 Å². The number of anilines is 2. The predicted molar refractivity (Wildman–Crippen MR) is 312 cm³/mol. The van der Waals surface area contributed by atoms with E-state index < -0.39 is 21.5 Å². The Morgan fingerprint density at radius 3 is 2.45 bits per heavy atom. The zero-order valence-corrected chi connectivity index (χ0v) is 47.6. The number of hydrogen-bond acceptors (Lipinski definition) is 10. The van der Waals surface area contributed by atoms with Crippen LogP contribution in [0.3, 0.4) is 0 Å². The number of aromatic nitrogens is 1. The van der Waals surface area contributed by atoms with Crippen LogP contribution in [-0.2, 0) is 54.1 Å². The third-order valence-electron chi connectivity index (χ3n) is 15.2. The maximum Gasteiger partial charge on any atom is 0.303 e. The van der Waals surface area contributed by atoms with Crippen molar-refractivity contribution in [2.24, 2.45) is 0 Å². The van der Waals surface area contributed by atoms with Crippen molar-refractivity contribution in [2.45, 2.75) is 126 Å². The predicted octanol–water partition coefficient (Wildman–Crippen LogP) is 12.5. The van der Waals surface area contributed by atoms with Gasteiger partial charge < -0.3 is 29.6 Å². The fraction of sp³-hybridized carbons (Fsp3) is 0.365. The molecule has 0 radical (unpaired) electrons. The molecule has 1 amide bonds. The normalized spacial score (nSPS) is 16.9. The third-order valence-corrected chi connectivity index (χ3v) is 16.6. The largest absolute Gasteiger partial charge is 0.494 e. The van der Waals surface area contributed by atoms with Crippen molar-refractivity contribution in [3.63, 3.8) is 0 Å². The Kier molecular flexibility index (Phi) is 18.6. The van der Waals surface area contributed by atoms with Crippen LogP contribution in [0.2, 0.25) is 0 Å². The molecule has 1 unspecified atom stereocenters. The van der Waals surface area contributed by atoms with E-state index in [0.29, 0.717) is 39.0 Å². The van der Waals surface area contributed by atoms with E-state index in [9.17, 15) is 27.7 Å². The van der Waals surface area contributed by atoms with Gasteiger partial charge in [0, 0.05) is 90.1 Å². The van der Waals surface area contributed by atoms with Gasteiger partial charge in [-0.2, -0.15) is 13.0 Å². The van der Waals surface area contributed by atoms with Gasteiger partial charge in [0.25, 0.3) is 10.1 Å². The SMILES string of the molecule is CCN1C(=CC=CC=CC=CC2=[N+](CCCCCC(=O)NCc3ccc4c(c3)Cc3cc(OCCCNc5cc(C)ccn5)ccc3CC4CC(=O)O)c3ccc(SOC)cc3C2(C)C)C(C)(C)c2cc(S(=O)(=O)O)ccc21. The monoisotopic (exact) mass is 1090 g/mol. The van der Waals surface area contributed by atoms with E-state index in [0.717, 1.165) is 106 Å². The molecule has 4 N–H and O–H groups in total. The van der Waals surface area contributed by atoms with E-state index in [-0.39, 0.29) is 28.6 Å². The summed E-state index contributed by atoms with van der Waals surface area (Å²) in [7, 11) is -2.65. The second-order valence-corrected chi connectivity index (χ2v) is 23.8. The van der Waals surface area contributed by atoms with Crippen LogP contribution in [0, 0.1) is 6.92 Å². The average Bonchev–Trinajstić information content (AvgIpc) is 3.91. The number of pyridine rings is 1. The first-order valence-corrected chi connectivity index (χ1v) is 29.2. The van der Waals surface area contributed by atoms with E-state index in [1.807, 2.05) is 55.5 Å². The lowest BCUT2D eigenvalue weighted by molar-refractivity contribution is -0.438.